The molecular formula is C26H27NO4S2. The van der Waals surface area contributed by atoms with E-state index in [1.165, 1.54) is 16.1 Å². The molecule has 0 unspecified atom stereocenters. The van der Waals surface area contributed by atoms with E-state index in [0.717, 1.165) is 21.6 Å². The summed E-state index contributed by atoms with van der Waals surface area (Å²) < 4.78 is 28.7. The molecule has 1 fully saturated rings. The fourth-order valence-electron chi connectivity index (χ4n) is 4.18. The van der Waals surface area contributed by atoms with Gasteiger partial charge < -0.3 is 5.11 Å². The lowest BCUT2D eigenvalue weighted by molar-refractivity contribution is -0.143. The Morgan fingerprint density at radius 3 is 2.06 bits per heavy atom. The normalized spacial score (nSPS) is 21.6. The SMILES string of the molecule is Cc1ccc(S[C@@H]2C[C@@H](c3ccc(C)cc3)N(S(=O)(=O)c3ccccc3)C[C@H]2C(=O)O)cc1. The second-order valence-electron chi connectivity index (χ2n) is 8.46. The van der Waals surface area contributed by atoms with E-state index in [2.05, 4.69) is 0 Å². The molecule has 3 aromatic rings. The van der Waals surface area contributed by atoms with Gasteiger partial charge >= 0.3 is 5.97 Å². The van der Waals surface area contributed by atoms with Crippen LogP contribution in [0.2, 0.25) is 0 Å². The molecule has 0 spiro atoms. The summed E-state index contributed by atoms with van der Waals surface area (Å²) in [6.45, 7) is 3.92. The third-order valence-electron chi connectivity index (χ3n) is 6.07. The first-order chi connectivity index (χ1) is 15.8. The van der Waals surface area contributed by atoms with Gasteiger partial charge in [0.1, 0.15) is 0 Å². The zero-order valence-corrected chi connectivity index (χ0v) is 20.2. The van der Waals surface area contributed by atoms with E-state index >= 15 is 0 Å². The summed E-state index contributed by atoms with van der Waals surface area (Å²) in [4.78, 5) is 13.4. The van der Waals surface area contributed by atoms with Gasteiger partial charge in [0.2, 0.25) is 10.0 Å². The molecule has 0 bridgehead atoms. The maximum Gasteiger partial charge on any atom is 0.308 e. The predicted molar refractivity (Wildman–Crippen MR) is 131 cm³/mol. The monoisotopic (exact) mass is 481 g/mol. The van der Waals surface area contributed by atoms with E-state index in [9.17, 15) is 18.3 Å². The highest BCUT2D eigenvalue weighted by atomic mass is 32.2. The molecule has 3 atom stereocenters. The second kappa shape index (κ2) is 9.71. The molecule has 0 radical (unpaired) electrons. The van der Waals surface area contributed by atoms with E-state index in [0.29, 0.717) is 6.42 Å². The standard InChI is InChI=1S/C26H27NO4S2/c1-18-8-12-20(13-9-18)24-16-25(32-21-14-10-19(2)11-15-21)23(26(28)29)17-27(24)33(30,31)22-6-4-3-5-7-22/h3-15,23-25H,16-17H2,1-2H3,(H,28,29)/t23-,24+,25-/m1/s1. The summed E-state index contributed by atoms with van der Waals surface area (Å²) in [5.41, 5.74) is 3.09. The molecule has 1 N–H and O–H groups in total. The molecule has 0 aliphatic carbocycles. The van der Waals surface area contributed by atoms with Gasteiger partial charge in [0.25, 0.3) is 0 Å². The Balaban J connectivity index is 1.74. The smallest absolute Gasteiger partial charge is 0.308 e. The van der Waals surface area contributed by atoms with E-state index in [-0.39, 0.29) is 16.7 Å². The van der Waals surface area contributed by atoms with Crippen molar-refractivity contribution in [2.24, 2.45) is 5.92 Å². The summed E-state index contributed by atoms with van der Waals surface area (Å²) in [6, 6.07) is 23.6. The Morgan fingerprint density at radius 2 is 1.48 bits per heavy atom. The van der Waals surface area contributed by atoms with E-state index < -0.39 is 28.0 Å². The number of nitrogens with zero attached hydrogens (tertiary/aromatic N) is 1. The fraction of sp³-hybridized carbons (Fsp3) is 0.269. The average molecular weight is 482 g/mol. The number of benzene rings is 3. The van der Waals surface area contributed by atoms with Gasteiger partial charge in [-0.1, -0.05) is 65.7 Å². The molecule has 0 amide bonds. The molecule has 4 rings (SSSR count). The average Bonchev–Trinajstić information content (AvgIpc) is 2.81. The van der Waals surface area contributed by atoms with Crippen LogP contribution in [0.5, 0.6) is 0 Å². The van der Waals surface area contributed by atoms with Crippen molar-refractivity contribution in [2.75, 3.05) is 6.54 Å². The Kier molecular flexibility index (Phi) is 6.93. The van der Waals surface area contributed by atoms with E-state index in [1.54, 1.807) is 30.3 Å². The van der Waals surface area contributed by atoms with Crippen LogP contribution in [-0.4, -0.2) is 35.6 Å². The van der Waals surface area contributed by atoms with Crippen LogP contribution in [0, 0.1) is 19.8 Å². The second-order valence-corrected chi connectivity index (χ2v) is 11.7. The van der Waals surface area contributed by atoms with Crippen molar-refractivity contribution in [3.63, 3.8) is 0 Å². The van der Waals surface area contributed by atoms with Crippen molar-refractivity contribution in [3.05, 3.63) is 95.6 Å². The van der Waals surface area contributed by atoms with Crippen LogP contribution in [0.3, 0.4) is 0 Å². The van der Waals surface area contributed by atoms with Crippen molar-refractivity contribution in [1.82, 2.24) is 4.31 Å². The molecule has 3 aromatic carbocycles. The summed E-state index contributed by atoms with van der Waals surface area (Å²) in [5, 5.41) is 9.78. The number of sulfonamides is 1. The summed E-state index contributed by atoms with van der Waals surface area (Å²) >= 11 is 1.52. The molecule has 1 heterocycles. The van der Waals surface area contributed by atoms with Gasteiger partial charge in [-0.3, -0.25) is 4.79 Å². The number of rotatable bonds is 6. The van der Waals surface area contributed by atoms with Gasteiger partial charge in [0.05, 0.1) is 16.9 Å². The van der Waals surface area contributed by atoms with Crippen LogP contribution >= 0.6 is 11.8 Å². The van der Waals surface area contributed by atoms with Crippen LogP contribution in [0.15, 0.2) is 88.7 Å². The molecule has 0 saturated carbocycles. The third-order valence-corrected chi connectivity index (χ3v) is 9.32. The number of thioether (sulfide) groups is 1. The highest BCUT2D eigenvalue weighted by Gasteiger charge is 2.45. The van der Waals surface area contributed by atoms with Gasteiger partial charge in [0.15, 0.2) is 0 Å². The lowest BCUT2D eigenvalue weighted by Crippen LogP contribution is -2.49. The van der Waals surface area contributed by atoms with E-state index in [1.807, 2.05) is 62.4 Å². The zero-order chi connectivity index (χ0) is 23.6. The van der Waals surface area contributed by atoms with E-state index in [4.69, 9.17) is 0 Å². The van der Waals surface area contributed by atoms with Crippen LogP contribution < -0.4 is 0 Å². The number of aliphatic carboxylic acids is 1. The number of hydrogen-bond acceptors (Lipinski definition) is 4. The number of piperidine rings is 1. The molecule has 1 aliphatic heterocycles. The van der Waals surface area contributed by atoms with Crippen molar-refractivity contribution >= 4 is 27.8 Å². The molecule has 7 heteroatoms. The zero-order valence-electron chi connectivity index (χ0n) is 18.6. The molecule has 1 saturated heterocycles. The maximum absolute atomic E-state index is 13.6. The summed E-state index contributed by atoms with van der Waals surface area (Å²) in [5.74, 6) is -1.80. The lowest BCUT2D eigenvalue weighted by Gasteiger charge is -2.41. The topological polar surface area (TPSA) is 74.7 Å². The largest absolute Gasteiger partial charge is 0.481 e. The molecule has 0 aromatic heterocycles. The van der Waals surface area contributed by atoms with Crippen molar-refractivity contribution in [1.29, 1.82) is 0 Å². The van der Waals surface area contributed by atoms with Crippen molar-refractivity contribution in [3.8, 4) is 0 Å². The fourth-order valence-corrected chi connectivity index (χ4v) is 7.14. The van der Waals surface area contributed by atoms with Gasteiger partial charge in [-0.2, -0.15) is 4.31 Å². The summed E-state index contributed by atoms with van der Waals surface area (Å²) in [6.07, 6.45) is 0.407. The number of aryl methyl sites for hydroxylation is 2. The Bertz CT molecular complexity index is 1210. The van der Waals surface area contributed by atoms with Crippen LogP contribution in [-0.2, 0) is 14.8 Å². The Labute approximate surface area is 199 Å². The minimum absolute atomic E-state index is 0.0748. The van der Waals surface area contributed by atoms with Gasteiger partial charge in [-0.25, -0.2) is 8.42 Å². The van der Waals surface area contributed by atoms with Crippen molar-refractivity contribution < 1.29 is 18.3 Å². The number of carboxylic acids is 1. The van der Waals surface area contributed by atoms with Gasteiger partial charge in [-0.15, -0.1) is 11.8 Å². The Morgan fingerprint density at radius 1 is 0.909 bits per heavy atom. The summed E-state index contributed by atoms with van der Waals surface area (Å²) in [7, 11) is -3.88. The van der Waals surface area contributed by atoms with Crippen LogP contribution in [0.25, 0.3) is 0 Å². The first-order valence-corrected chi connectivity index (χ1v) is 13.2. The number of carboxylic acid groups (broad SMARTS) is 1. The Hall–Kier alpha value is -2.61. The molecular weight excluding hydrogens is 454 g/mol. The molecule has 5 nitrogen and oxygen atoms in total. The molecule has 172 valence electrons. The quantitative estimate of drug-likeness (QED) is 0.517. The molecule has 1 aliphatic rings. The van der Waals surface area contributed by atoms with Crippen molar-refractivity contribution in [2.45, 2.75) is 41.4 Å². The first kappa shape index (κ1) is 23.5. The van der Waals surface area contributed by atoms with Crippen LogP contribution in [0.1, 0.15) is 29.2 Å². The number of hydrogen-bond donors (Lipinski definition) is 1. The minimum Gasteiger partial charge on any atom is -0.481 e. The van der Waals surface area contributed by atoms with Crippen LogP contribution in [0.4, 0.5) is 0 Å². The lowest BCUT2D eigenvalue weighted by atomic mass is 9.90. The highest BCUT2D eigenvalue weighted by Crippen LogP contribution is 2.44. The predicted octanol–water partition coefficient (Wildman–Crippen LogP) is 5.30. The molecule has 33 heavy (non-hydrogen) atoms. The van der Waals surface area contributed by atoms with Gasteiger partial charge in [0, 0.05) is 16.7 Å². The highest BCUT2D eigenvalue weighted by molar-refractivity contribution is 8.00. The third kappa shape index (κ3) is 5.16. The first-order valence-electron chi connectivity index (χ1n) is 10.9. The minimum atomic E-state index is -3.88. The maximum atomic E-state index is 13.6. The number of carbonyl (C=O) groups is 1. The van der Waals surface area contributed by atoms with Gasteiger partial charge in [-0.05, 0) is 50.1 Å².